The first-order chi connectivity index (χ1) is 10.2. The molecule has 21 heavy (non-hydrogen) atoms. The Morgan fingerprint density at radius 3 is 2.90 bits per heavy atom. The van der Waals surface area contributed by atoms with Gasteiger partial charge in [-0.05, 0) is 24.6 Å². The third kappa shape index (κ3) is 5.34. The van der Waals surface area contributed by atoms with Crippen LogP contribution in [0.15, 0.2) is 24.3 Å². The lowest BCUT2D eigenvalue weighted by molar-refractivity contribution is 0.0350. The van der Waals surface area contributed by atoms with Crippen LogP contribution in [-0.2, 0) is 11.3 Å². The minimum Gasteiger partial charge on any atom is -0.379 e. The van der Waals surface area contributed by atoms with E-state index < -0.39 is 0 Å². The number of urea groups is 1. The fourth-order valence-corrected chi connectivity index (χ4v) is 2.38. The molecule has 1 atom stereocenters. The Morgan fingerprint density at radius 2 is 2.19 bits per heavy atom. The standard InChI is InChI=1S/C15H24N4O2/c1-12(11-19-5-7-21-8-6-19)17-15(20)18-14-4-2-3-13(9-14)10-16/h2-4,9,12H,5-8,10-11,16H2,1H3,(H2,17,18,20). The highest BCUT2D eigenvalue weighted by atomic mass is 16.5. The molecule has 1 aliphatic rings. The molecule has 1 saturated heterocycles. The van der Waals surface area contributed by atoms with Crippen LogP contribution in [0.4, 0.5) is 10.5 Å². The van der Waals surface area contributed by atoms with Crippen LogP contribution in [0.5, 0.6) is 0 Å². The van der Waals surface area contributed by atoms with Crippen LogP contribution in [0.25, 0.3) is 0 Å². The number of nitrogens with two attached hydrogens (primary N) is 1. The molecule has 0 bridgehead atoms. The van der Waals surface area contributed by atoms with E-state index >= 15 is 0 Å². The Hall–Kier alpha value is -1.63. The number of nitrogens with one attached hydrogen (secondary N) is 2. The minimum absolute atomic E-state index is 0.0841. The summed E-state index contributed by atoms with van der Waals surface area (Å²) >= 11 is 0. The molecule has 0 aliphatic carbocycles. The van der Waals surface area contributed by atoms with Gasteiger partial charge >= 0.3 is 6.03 Å². The largest absolute Gasteiger partial charge is 0.379 e. The van der Waals surface area contributed by atoms with Gasteiger partial charge in [0.1, 0.15) is 0 Å². The van der Waals surface area contributed by atoms with Gasteiger partial charge in [-0.1, -0.05) is 12.1 Å². The number of benzene rings is 1. The summed E-state index contributed by atoms with van der Waals surface area (Å²) in [7, 11) is 0. The van der Waals surface area contributed by atoms with E-state index in [1.165, 1.54) is 0 Å². The third-order valence-corrected chi connectivity index (χ3v) is 3.43. The molecule has 1 unspecified atom stereocenters. The Balaban J connectivity index is 1.77. The predicted octanol–water partition coefficient (Wildman–Crippen LogP) is 0.988. The molecule has 0 spiro atoms. The van der Waals surface area contributed by atoms with Crippen LogP contribution in [0.3, 0.4) is 0 Å². The number of hydrogen-bond acceptors (Lipinski definition) is 4. The molecule has 2 rings (SSSR count). The first-order valence-electron chi connectivity index (χ1n) is 7.34. The number of anilines is 1. The number of amides is 2. The van der Waals surface area contributed by atoms with Crippen molar-refractivity contribution >= 4 is 11.7 Å². The van der Waals surface area contributed by atoms with Crippen molar-refractivity contribution in [2.45, 2.75) is 19.5 Å². The Labute approximate surface area is 125 Å². The van der Waals surface area contributed by atoms with Crippen LogP contribution >= 0.6 is 0 Å². The number of ether oxygens (including phenoxy) is 1. The van der Waals surface area contributed by atoms with E-state index in [0.29, 0.717) is 6.54 Å². The van der Waals surface area contributed by atoms with Gasteiger partial charge in [-0.15, -0.1) is 0 Å². The van der Waals surface area contributed by atoms with E-state index in [9.17, 15) is 4.79 Å². The highest BCUT2D eigenvalue weighted by Gasteiger charge is 2.15. The van der Waals surface area contributed by atoms with Gasteiger partial charge in [0.15, 0.2) is 0 Å². The molecule has 0 saturated carbocycles. The van der Waals surface area contributed by atoms with Gasteiger partial charge < -0.3 is 21.1 Å². The molecule has 2 amide bonds. The quantitative estimate of drug-likeness (QED) is 0.756. The van der Waals surface area contributed by atoms with Crippen molar-refractivity contribution in [1.82, 2.24) is 10.2 Å². The maximum absolute atomic E-state index is 12.0. The average Bonchev–Trinajstić information content (AvgIpc) is 2.48. The zero-order chi connectivity index (χ0) is 15.1. The molecular formula is C15H24N4O2. The van der Waals surface area contributed by atoms with E-state index in [1.54, 1.807) is 0 Å². The maximum Gasteiger partial charge on any atom is 0.319 e. The highest BCUT2D eigenvalue weighted by Crippen LogP contribution is 2.10. The second-order valence-electron chi connectivity index (χ2n) is 5.32. The Bertz CT molecular complexity index is 461. The number of carbonyl (C=O) groups excluding carboxylic acids is 1. The summed E-state index contributed by atoms with van der Waals surface area (Å²) in [4.78, 5) is 14.3. The summed E-state index contributed by atoms with van der Waals surface area (Å²) in [6.45, 7) is 6.68. The van der Waals surface area contributed by atoms with Crippen LogP contribution in [0, 0.1) is 0 Å². The van der Waals surface area contributed by atoms with Crippen molar-refractivity contribution in [3.05, 3.63) is 29.8 Å². The monoisotopic (exact) mass is 292 g/mol. The van der Waals surface area contributed by atoms with Gasteiger partial charge in [-0.3, -0.25) is 4.90 Å². The van der Waals surface area contributed by atoms with Crippen LogP contribution in [0.1, 0.15) is 12.5 Å². The molecule has 116 valence electrons. The minimum atomic E-state index is -0.190. The smallest absolute Gasteiger partial charge is 0.319 e. The molecule has 1 aromatic carbocycles. The van der Waals surface area contributed by atoms with E-state index in [4.69, 9.17) is 10.5 Å². The summed E-state index contributed by atoms with van der Waals surface area (Å²) in [5.74, 6) is 0. The van der Waals surface area contributed by atoms with Crippen molar-refractivity contribution in [2.75, 3.05) is 38.2 Å². The number of carbonyl (C=O) groups is 1. The molecule has 4 N–H and O–H groups in total. The van der Waals surface area contributed by atoms with Crippen LogP contribution < -0.4 is 16.4 Å². The Morgan fingerprint density at radius 1 is 1.43 bits per heavy atom. The molecule has 1 aromatic rings. The van der Waals surface area contributed by atoms with Crippen LogP contribution in [0.2, 0.25) is 0 Å². The summed E-state index contributed by atoms with van der Waals surface area (Å²) in [5.41, 5.74) is 7.34. The van der Waals surface area contributed by atoms with E-state index in [-0.39, 0.29) is 12.1 Å². The first-order valence-corrected chi connectivity index (χ1v) is 7.34. The second kappa shape index (κ2) is 7.97. The van der Waals surface area contributed by atoms with Crippen molar-refractivity contribution in [3.8, 4) is 0 Å². The highest BCUT2D eigenvalue weighted by molar-refractivity contribution is 5.89. The molecule has 6 nitrogen and oxygen atoms in total. The lowest BCUT2D eigenvalue weighted by Crippen LogP contribution is -2.47. The summed E-state index contributed by atoms with van der Waals surface area (Å²) in [5, 5.41) is 5.79. The van der Waals surface area contributed by atoms with Gasteiger partial charge in [0.05, 0.1) is 13.2 Å². The van der Waals surface area contributed by atoms with Crippen molar-refractivity contribution in [3.63, 3.8) is 0 Å². The summed E-state index contributed by atoms with van der Waals surface area (Å²) in [6.07, 6.45) is 0. The lowest BCUT2D eigenvalue weighted by Gasteiger charge is -2.29. The average molecular weight is 292 g/mol. The molecule has 0 radical (unpaired) electrons. The van der Waals surface area contributed by atoms with Crippen molar-refractivity contribution < 1.29 is 9.53 Å². The fraction of sp³-hybridized carbons (Fsp3) is 0.533. The number of morpholine rings is 1. The molecule has 1 fully saturated rings. The van der Waals surface area contributed by atoms with Gasteiger partial charge in [0.25, 0.3) is 0 Å². The van der Waals surface area contributed by atoms with Gasteiger partial charge in [0.2, 0.25) is 0 Å². The molecule has 0 aromatic heterocycles. The van der Waals surface area contributed by atoms with E-state index in [2.05, 4.69) is 15.5 Å². The molecule has 6 heteroatoms. The zero-order valence-corrected chi connectivity index (χ0v) is 12.5. The van der Waals surface area contributed by atoms with Gasteiger partial charge in [-0.2, -0.15) is 0 Å². The number of hydrogen-bond donors (Lipinski definition) is 3. The topological polar surface area (TPSA) is 79.6 Å². The predicted molar refractivity (Wildman–Crippen MR) is 83.2 cm³/mol. The van der Waals surface area contributed by atoms with Crippen molar-refractivity contribution in [2.24, 2.45) is 5.73 Å². The molecular weight excluding hydrogens is 268 g/mol. The zero-order valence-electron chi connectivity index (χ0n) is 12.5. The maximum atomic E-state index is 12.0. The van der Waals surface area contributed by atoms with Gasteiger partial charge in [-0.25, -0.2) is 4.79 Å². The number of rotatable bonds is 5. The first kappa shape index (κ1) is 15.8. The normalized spacial score (nSPS) is 17.2. The van der Waals surface area contributed by atoms with E-state index in [1.807, 2.05) is 31.2 Å². The summed E-state index contributed by atoms with van der Waals surface area (Å²) in [6, 6.07) is 7.45. The SMILES string of the molecule is CC(CN1CCOCC1)NC(=O)Nc1cccc(CN)c1. The van der Waals surface area contributed by atoms with Gasteiger partial charge in [0, 0.05) is 37.9 Å². The summed E-state index contributed by atoms with van der Waals surface area (Å²) < 4.78 is 5.31. The van der Waals surface area contributed by atoms with E-state index in [0.717, 1.165) is 44.1 Å². The third-order valence-electron chi connectivity index (χ3n) is 3.43. The Kier molecular flexibility index (Phi) is 5.98. The van der Waals surface area contributed by atoms with Crippen molar-refractivity contribution in [1.29, 1.82) is 0 Å². The lowest BCUT2D eigenvalue weighted by atomic mass is 10.2. The fourth-order valence-electron chi connectivity index (χ4n) is 2.38. The second-order valence-corrected chi connectivity index (χ2v) is 5.32. The molecule has 1 aliphatic heterocycles. The molecule has 1 heterocycles. The van der Waals surface area contributed by atoms with Crippen LogP contribution in [-0.4, -0.2) is 49.8 Å². The number of nitrogens with zero attached hydrogens (tertiary/aromatic N) is 1.